The van der Waals surface area contributed by atoms with Gasteiger partial charge in [-0.25, -0.2) is 4.68 Å². The Bertz CT molecular complexity index is 1330. The van der Waals surface area contributed by atoms with Crippen molar-refractivity contribution in [3.05, 3.63) is 107 Å². The summed E-state index contributed by atoms with van der Waals surface area (Å²) in [6, 6.07) is 27.0. The Balaban J connectivity index is 1.41. The predicted molar refractivity (Wildman–Crippen MR) is 141 cm³/mol. The van der Waals surface area contributed by atoms with Gasteiger partial charge in [0.05, 0.1) is 11.4 Å². The standard InChI is InChI=1S/C30H32N4O/c1-22-8-7-11-27(18-22)34-29(20-28(31-34)26-13-12-23(2)24(3)19-26)30(35)33-16-14-32(15-17-33)21-25-9-5-4-6-10-25/h4-13,18-20H,14-17,21H2,1-3H3. The van der Waals surface area contributed by atoms with Gasteiger partial charge in [-0.3, -0.25) is 9.69 Å². The lowest BCUT2D eigenvalue weighted by atomic mass is 10.0. The van der Waals surface area contributed by atoms with E-state index in [9.17, 15) is 4.79 Å². The van der Waals surface area contributed by atoms with Crippen LogP contribution in [0.3, 0.4) is 0 Å². The molecule has 1 aliphatic rings. The number of carbonyl (C=O) groups is 1. The van der Waals surface area contributed by atoms with Crippen LogP contribution in [0, 0.1) is 20.8 Å². The summed E-state index contributed by atoms with van der Waals surface area (Å²) < 4.78 is 1.82. The van der Waals surface area contributed by atoms with E-state index >= 15 is 0 Å². The smallest absolute Gasteiger partial charge is 0.272 e. The lowest BCUT2D eigenvalue weighted by Gasteiger charge is -2.34. The predicted octanol–water partition coefficient (Wildman–Crippen LogP) is 5.42. The molecule has 0 bridgehead atoms. The van der Waals surface area contributed by atoms with E-state index in [0.717, 1.165) is 42.1 Å². The maximum Gasteiger partial charge on any atom is 0.272 e. The van der Waals surface area contributed by atoms with Gasteiger partial charge >= 0.3 is 0 Å². The van der Waals surface area contributed by atoms with Gasteiger partial charge in [0, 0.05) is 38.3 Å². The largest absolute Gasteiger partial charge is 0.335 e. The number of carbonyl (C=O) groups excluding carboxylic acids is 1. The zero-order valence-corrected chi connectivity index (χ0v) is 20.7. The summed E-state index contributed by atoms with van der Waals surface area (Å²) in [5.74, 6) is 0.0356. The highest BCUT2D eigenvalue weighted by Crippen LogP contribution is 2.25. The van der Waals surface area contributed by atoms with Crippen molar-refractivity contribution in [2.75, 3.05) is 26.2 Å². The van der Waals surface area contributed by atoms with E-state index in [1.807, 2.05) is 33.8 Å². The fraction of sp³-hybridized carbons (Fsp3) is 0.267. The number of aryl methyl sites for hydroxylation is 3. The molecule has 1 amide bonds. The first kappa shape index (κ1) is 23.1. The van der Waals surface area contributed by atoms with Crippen molar-refractivity contribution in [2.45, 2.75) is 27.3 Å². The molecular formula is C30H32N4O. The molecule has 0 N–H and O–H groups in total. The molecule has 0 atom stereocenters. The molecule has 1 aromatic heterocycles. The van der Waals surface area contributed by atoms with Gasteiger partial charge in [0.25, 0.3) is 5.91 Å². The first-order valence-electron chi connectivity index (χ1n) is 12.3. The number of hydrogen-bond acceptors (Lipinski definition) is 3. The molecule has 178 valence electrons. The second-order valence-electron chi connectivity index (χ2n) is 9.52. The maximum atomic E-state index is 13.8. The van der Waals surface area contributed by atoms with Gasteiger partial charge in [0.1, 0.15) is 5.69 Å². The summed E-state index contributed by atoms with van der Waals surface area (Å²) in [5.41, 5.74) is 8.28. The number of amides is 1. The Labute approximate surface area is 207 Å². The molecule has 5 heteroatoms. The van der Waals surface area contributed by atoms with Gasteiger partial charge in [0.15, 0.2) is 0 Å². The highest BCUT2D eigenvalue weighted by atomic mass is 16.2. The average Bonchev–Trinajstić information content (AvgIpc) is 3.32. The Morgan fingerprint density at radius 3 is 2.29 bits per heavy atom. The van der Waals surface area contributed by atoms with Gasteiger partial charge in [-0.05, 0) is 67.3 Å². The van der Waals surface area contributed by atoms with Crippen LogP contribution in [0.5, 0.6) is 0 Å². The molecule has 1 aliphatic heterocycles. The second-order valence-corrected chi connectivity index (χ2v) is 9.52. The highest BCUT2D eigenvalue weighted by molar-refractivity contribution is 5.94. The first-order chi connectivity index (χ1) is 17.0. The van der Waals surface area contributed by atoms with Crippen LogP contribution in [0.25, 0.3) is 16.9 Å². The van der Waals surface area contributed by atoms with Gasteiger partial charge < -0.3 is 4.90 Å². The summed E-state index contributed by atoms with van der Waals surface area (Å²) in [4.78, 5) is 18.1. The number of aromatic nitrogens is 2. The molecule has 2 heterocycles. The van der Waals surface area contributed by atoms with Crippen molar-refractivity contribution in [3.63, 3.8) is 0 Å². The van der Waals surface area contributed by atoms with E-state index in [0.29, 0.717) is 18.8 Å². The Hall–Kier alpha value is -3.70. The van der Waals surface area contributed by atoms with Crippen molar-refractivity contribution in [1.82, 2.24) is 19.6 Å². The molecule has 0 spiro atoms. The second kappa shape index (κ2) is 9.88. The fourth-order valence-corrected chi connectivity index (χ4v) is 4.64. The van der Waals surface area contributed by atoms with Crippen molar-refractivity contribution < 1.29 is 4.79 Å². The topological polar surface area (TPSA) is 41.4 Å². The van der Waals surface area contributed by atoms with Gasteiger partial charge in [0.2, 0.25) is 0 Å². The minimum absolute atomic E-state index is 0.0356. The summed E-state index contributed by atoms with van der Waals surface area (Å²) in [6.45, 7) is 10.3. The molecule has 1 fully saturated rings. The van der Waals surface area contributed by atoms with E-state index < -0.39 is 0 Å². The Morgan fingerprint density at radius 2 is 1.57 bits per heavy atom. The van der Waals surface area contributed by atoms with Crippen molar-refractivity contribution >= 4 is 5.91 Å². The van der Waals surface area contributed by atoms with Crippen molar-refractivity contribution in [3.8, 4) is 16.9 Å². The van der Waals surface area contributed by atoms with Crippen LogP contribution in [-0.4, -0.2) is 51.7 Å². The zero-order valence-electron chi connectivity index (χ0n) is 20.7. The quantitative estimate of drug-likeness (QED) is 0.396. The molecule has 0 radical (unpaired) electrons. The van der Waals surface area contributed by atoms with Crippen LogP contribution < -0.4 is 0 Å². The van der Waals surface area contributed by atoms with Gasteiger partial charge in [-0.15, -0.1) is 0 Å². The monoisotopic (exact) mass is 464 g/mol. The van der Waals surface area contributed by atoms with E-state index in [-0.39, 0.29) is 5.91 Å². The third kappa shape index (κ3) is 5.05. The molecule has 0 aliphatic carbocycles. The normalized spacial score (nSPS) is 14.3. The van der Waals surface area contributed by atoms with Crippen molar-refractivity contribution in [2.24, 2.45) is 0 Å². The number of piperazine rings is 1. The molecule has 0 unspecified atom stereocenters. The summed E-state index contributed by atoms with van der Waals surface area (Å²) in [7, 11) is 0. The van der Waals surface area contributed by atoms with E-state index in [1.165, 1.54) is 16.7 Å². The molecule has 35 heavy (non-hydrogen) atoms. The van der Waals surface area contributed by atoms with Crippen LogP contribution >= 0.6 is 0 Å². The van der Waals surface area contributed by atoms with E-state index in [4.69, 9.17) is 5.10 Å². The van der Waals surface area contributed by atoms with Crippen LogP contribution in [0.15, 0.2) is 78.9 Å². The third-order valence-corrected chi connectivity index (χ3v) is 6.89. The zero-order chi connectivity index (χ0) is 24.4. The van der Waals surface area contributed by atoms with E-state index in [2.05, 4.69) is 80.3 Å². The minimum atomic E-state index is 0.0356. The number of benzene rings is 3. The van der Waals surface area contributed by atoms with Crippen molar-refractivity contribution in [1.29, 1.82) is 0 Å². The van der Waals surface area contributed by atoms with Crippen LogP contribution in [0.2, 0.25) is 0 Å². The average molecular weight is 465 g/mol. The Morgan fingerprint density at radius 1 is 0.800 bits per heavy atom. The molecular weight excluding hydrogens is 432 g/mol. The number of nitrogens with zero attached hydrogens (tertiary/aromatic N) is 4. The third-order valence-electron chi connectivity index (χ3n) is 6.89. The summed E-state index contributed by atoms with van der Waals surface area (Å²) in [5, 5.41) is 4.91. The first-order valence-corrected chi connectivity index (χ1v) is 12.3. The molecule has 0 saturated carbocycles. The molecule has 1 saturated heterocycles. The van der Waals surface area contributed by atoms with Crippen LogP contribution in [0.4, 0.5) is 0 Å². The number of rotatable bonds is 5. The van der Waals surface area contributed by atoms with Gasteiger partial charge in [-0.1, -0.05) is 54.6 Å². The summed E-state index contributed by atoms with van der Waals surface area (Å²) in [6.07, 6.45) is 0. The molecule has 5 nitrogen and oxygen atoms in total. The van der Waals surface area contributed by atoms with Crippen LogP contribution in [0.1, 0.15) is 32.7 Å². The lowest BCUT2D eigenvalue weighted by molar-refractivity contribution is 0.0619. The maximum absolute atomic E-state index is 13.8. The van der Waals surface area contributed by atoms with Gasteiger partial charge in [-0.2, -0.15) is 5.10 Å². The van der Waals surface area contributed by atoms with Crippen LogP contribution in [-0.2, 0) is 6.54 Å². The Kier molecular flexibility index (Phi) is 6.51. The lowest BCUT2D eigenvalue weighted by Crippen LogP contribution is -2.48. The minimum Gasteiger partial charge on any atom is -0.335 e. The number of hydrogen-bond donors (Lipinski definition) is 0. The highest BCUT2D eigenvalue weighted by Gasteiger charge is 2.26. The molecule has 5 rings (SSSR count). The molecule has 3 aromatic carbocycles. The molecule has 4 aromatic rings. The SMILES string of the molecule is Cc1cccc(-n2nc(-c3ccc(C)c(C)c3)cc2C(=O)N2CCN(Cc3ccccc3)CC2)c1. The summed E-state index contributed by atoms with van der Waals surface area (Å²) >= 11 is 0. The fourth-order valence-electron chi connectivity index (χ4n) is 4.64. The van der Waals surface area contributed by atoms with E-state index in [1.54, 1.807) is 0 Å².